The first-order valence-corrected chi connectivity index (χ1v) is 12.7. The monoisotopic (exact) mass is 482 g/mol. The first-order valence-electron chi connectivity index (χ1n) is 12.7. The van der Waals surface area contributed by atoms with Crippen molar-refractivity contribution in [2.45, 2.75) is 51.2 Å². The zero-order valence-corrected chi connectivity index (χ0v) is 20.3. The summed E-state index contributed by atoms with van der Waals surface area (Å²) in [5, 5.41) is 3.81. The van der Waals surface area contributed by atoms with E-state index in [0.29, 0.717) is 17.6 Å². The number of nitrogens with one attached hydrogen (secondary N) is 1. The van der Waals surface area contributed by atoms with Crippen molar-refractivity contribution >= 4 is 28.4 Å². The molecule has 0 spiro atoms. The van der Waals surface area contributed by atoms with Crippen LogP contribution in [0.1, 0.15) is 45.1 Å². The summed E-state index contributed by atoms with van der Waals surface area (Å²) < 4.78 is 9.47. The molecular formula is C29H30N4O3. The average Bonchev–Trinajstić information content (AvgIpc) is 3.65. The zero-order chi connectivity index (χ0) is 24.8. The minimum atomic E-state index is -0.422. The summed E-state index contributed by atoms with van der Waals surface area (Å²) in [7, 11) is 0. The van der Waals surface area contributed by atoms with Crippen LogP contribution in [-0.2, 0) is 4.74 Å². The van der Waals surface area contributed by atoms with Gasteiger partial charge in [-0.1, -0.05) is 18.2 Å². The molecule has 1 atom stereocenters. The third-order valence-electron chi connectivity index (χ3n) is 7.55. The number of nitrogen functional groups attached to an aromatic ring is 1. The Balaban J connectivity index is 1.35. The van der Waals surface area contributed by atoms with Crippen LogP contribution >= 0.6 is 0 Å². The highest BCUT2D eigenvalue weighted by Crippen LogP contribution is 2.44. The molecule has 2 heterocycles. The molecule has 0 bridgehead atoms. The molecule has 7 nitrogen and oxygen atoms in total. The largest absolute Gasteiger partial charge is 0.446 e. The van der Waals surface area contributed by atoms with Crippen LogP contribution in [0.2, 0.25) is 0 Å². The van der Waals surface area contributed by atoms with Crippen molar-refractivity contribution in [2.75, 3.05) is 11.1 Å². The average molecular weight is 483 g/mol. The summed E-state index contributed by atoms with van der Waals surface area (Å²) in [4.78, 5) is 24.7. The molecule has 2 aromatic carbocycles. The van der Waals surface area contributed by atoms with Gasteiger partial charge in [-0.25, -0.2) is 4.79 Å². The fourth-order valence-corrected chi connectivity index (χ4v) is 5.12. The van der Waals surface area contributed by atoms with E-state index in [-0.39, 0.29) is 11.7 Å². The Kier molecular flexibility index (Phi) is 5.55. The van der Waals surface area contributed by atoms with E-state index in [2.05, 4.69) is 16.0 Å². The highest BCUT2D eigenvalue weighted by atomic mass is 16.6. The van der Waals surface area contributed by atoms with Gasteiger partial charge in [-0.3, -0.25) is 14.7 Å². The molecule has 0 unspecified atom stereocenters. The maximum Gasteiger partial charge on any atom is 0.411 e. The van der Waals surface area contributed by atoms with Crippen LogP contribution in [0.3, 0.4) is 0 Å². The minimum Gasteiger partial charge on any atom is -0.446 e. The summed E-state index contributed by atoms with van der Waals surface area (Å²) in [5.74, 6) is 0.496. The second-order valence-corrected chi connectivity index (χ2v) is 9.98. The van der Waals surface area contributed by atoms with Crippen molar-refractivity contribution in [3.8, 4) is 16.9 Å². The second kappa shape index (κ2) is 8.90. The smallest absolute Gasteiger partial charge is 0.411 e. The molecule has 2 fully saturated rings. The summed E-state index contributed by atoms with van der Waals surface area (Å²) >= 11 is 0. The Hall–Kier alpha value is -4.00. The number of carbonyl (C=O) groups is 1. The van der Waals surface area contributed by atoms with Crippen LogP contribution in [-0.4, -0.2) is 21.3 Å². The molecule has 2 aliphatic carbocycles. The number of rotatable bonds is 6. The summed E-state index contributed by atoms with van der Waals surface area (Å²) in [6.07, 6.45) is 6.94. The summed E-state index contributed by atoms with van der Waals surface area (Å²) in [6, 6.07) is 19.3. The second-order valence-electron chi connectivity index (χ2n) is 9.98. The molecule has 0 aliphatic heterocycles. The zero-order valence-electron chi connectivity index (χ0n) is 20.3. The van der Waals surface area contributed by atoms with Gasteiger partial charge in [0.15, 0.2) is 0 Å². The Bertz CT molecular complexity index is 1490. The number of benzene rings is 2. The van der Waals surface area contributed by atoms with Crippen molar-refractivity contribution in [3.05, 3.63) is 77.2 Å². The topological polar surface area (TPSA) is 91.3 Å². The molecular weight excluding hydrogens is 452 g/mol. The fraction of sp³-hybridized carbons (Fsp3) is 0.310. The number of amides is 1. The van der Waals surface area contributed by atoms with E-state index >= 15 is 0 Å². The number of hydrogen-bond acceptors (Lipinski definition) is 4. The standard InChI is InChI=1S/C29H30N4O3/c1-18(19-8-9-19)36-29(35)31-21-12-10-20(11-13-21)28-27(30)24-15-14-23(32-16-3-2-7-26(32)34)17-25(24)33(28)22-5-4-6-22/h2-3,7,10-19,22H,4-6,8-9,30H2,1H3,(H,31,35)/t18-/m1/s1. The minimum absolute atomic E-state index is 0.0566. The van der Waals surface area contributed by atoms with Crippen molar-refractivity contribution in [1.82, 2.24) is 9.13 Å². The number of fused-ring (bicyclic) bond motifs is 1. The number of ether oxygens (including phenoxy) is 1. The molecule has 2 aromatic heterocycles. The maximum absolute atomic E-state index is 12.4. The van der Waals surface area contributed by atoms with E-state index in [1.807, 2.05) is 49.4 Å². The van der Waals surface area contributed by atoms with Crippen LogP contribution in [0, 0.1) is 5.92 Å². The molecule has 1 amide bonds. The number of nitrogens with zero attached hydrogens (tertiary/aromatic N) is 2. The number of pyridine rings is 1. The lowest BCUT2D eigenvalue weighted by Gasteiger charge is -2.30. The third-order valence-corrected chi connectivity index (χ3v) is 7.55. The fourth-order valence-electron chi connectivity index (χ4n) is 5.12. The predicted molar refractivity (Wildman–Crippen MR) is 143 cm³/mol. The van der Waals surface area contributed by atoms with E-state index < -0.39 is 6.09 Å². The van der Waals surface area contributed by atoms with Crippen LogP contribution in [0.5, 0.6) is 0 Å². The molecule has 2 aliphatic rings. The normalized spacial score (nSPS) is 16.5. The Morgan fingerprint density at radius 1 is 1.06 bits per heavy atom. The summed E-state index contributed by atoms with van der Waals surface area (Å²) in [6.45, 7) is 1.95. The molecule has 36 heavy (non-hydrogen) atoms. The maximum atomic E-state index is 12.4. The van der Waals surface area contributed by atoms with E-state index in [1.165, 1.54) is 6.42 Å². The Morgan fingerprint density at radius 2 is 1.83 bits per heavy atom. The molecule has 6 rings (SSSR count). The van der Waals surface area contributed by atoms with Gasteiger partial charge in [0, 0.05) is 34.9 Å². The molecule has 4 aromatic rings. The van der Waals surface area contributed by atoms with Gasteiger partial charge in [0.1, 0.15) is 6.10 Å². The van der Waals surface area contributed by atoms with Gasteiger partial charge in [0.25, 0.3) is 5.56 Å². The highest BCUT2D eigenvalue weighted by molar-refractivity contribution is 6.02. The van der Waals surface area contributed by atoms with Gasteiger partial charge < -0.3 is 15.0 Å². The number of anilines is 2. The summed E-state index contributed by atoms with van der Waals surface area (Å²) in [5.41, 5.74) is 11.9. The first-order chi connectivity index (χ1) is 17.5. The SMILES string of the molecule is C[C@@H](OC(=O)Nc1ccc(-c2c(N)c3ccc(-n4ccccc4=O)cc3n2C2CCC2)cc1)C1CC1. The van der Waals surface area contributed by atoms with Crippen molar-refractivity contribution < 1.29 is 9.53 Å². The number of hydrogen-bond donors (Lipinski definition) is 2. The van der Waals surface area contributed by atoms with Gasteiger partial charge in [-0.05, 0) is 81.3 Å². The number of nitrogens with two attached hydrogens (primary N) is 1. The van der Waals surface area contributed by atoms with E-state index in [4.69, 9.17) is 10.5 Å². The van der Waals surface area contributed by atoms with Crippen LogP contribution < -0.4 is 16.6 Å². The molecule has 184 valence electrons. The predicted octanol–water partition coefficient (Wildman–Crippen LogP) is 6.11. The van der Waals surface area contributed by atoms with E-state index in [0.717, 1.165) is 59.2 Å². The Morgan fingerprint density at radius 3 is 2.50 bits per heavy atom. The molecule has 3 N–H and O–H groups in total. The van der Waals surface area contributed by atoms with Gasteiger partial charge in [-0.15, -0.1) is 0 Å². The molecule has 0 saturated heterocycles. The lowest BCUT2D eigenvalue weighted by molar-refractivity contribution is 0.108. The molecule has 0 radical (unpaired) electrons. The van der Waals surface area contributed by atoms with Crippen LogP contribution in [0.25, 0.3) is 27.8 Å². The lowest BCUT2D eigenvalue weighted by atomic mass is 9.92. The highest BCUT2D eigenvalue weighted by Gasteiger charge is 2.31. The van der Waals surface area contributed by atoms with Crippen LogP contribution in [0.15, 0.2) is 71.7 Å². The van der Waals surface area contributed by atoms with Gasteiger partial charge in [-0.2, -0.15) is 0 Å². The third kappa shape index (κ3) is 4.04. The quantitative estimate of drug-likeness (QED) is 0.347. The molecule has 7 heteroatoms. The number of aromatic nitrogens is 2. The Labute approximate surface area is 209 Å². The van der Waals surface area contributed by atoms with Crippen molar-refractivity contribution in [1.29, 1.82) is 0 Å². The van der Waals surface area contributed by atoms with Crippen LogP contribution in [0.4, 0.5) is 16.2 Å². The lowest BCUT2D eigenvalue weighted by Crippen LogP contribution is -2.21. The van der Waals surface area contributed by atoms with Gasteiger partial charge >= 0.3 is 6.09 Å². The van der Waals surface area contributed by atoms with Gasteiger partial charge in [0.2, 0.25) is 0 Å². The van der Waals surface area contributed by atoms with Crippen molar-refractivity contribution in [2.24, 2.45) is 5.92 Å². The van der Waals surface area contributed by atoms with E-state index in [9.17, 15) is 9.59 Å². The van der Waals surface area contributed by atoms with Crippen molar-refractivity contribution in [3.63, 3.8) is 0 Å². The molecule has 2 saturated carbocycles. The van der Waals surface area contributed by atoms with Gasteiger partial charge in [0.05, 0.1) is 22.6 Å². The first kappa shape index (κ1) is 22.5. The van der Waals surface area contributed by atoms with E-state index in [1.54, 1.807) is 22.9 Å². The number of carbonyl (C=O) groups excluding carboxylic acids is 1.